The molecule has 1 aliphatic heterocycles. The third-order valence-electron chi connectivity index (χ3n) is 4.25. The lowest BCUT2D eigenvalue weighted by Gasteiger charge is -2.34. The van der Waals surface area contributed by atoms with E-state index in [0.29, 0.717) is 37.2 Å². The van der Waals surface area contributed by atoms with Crippen molar-refractivity contribution < 1.29 is 9.59 Å². The van der Waals surface area contributed by atoms with Crippen LogP contribution in [0.15, 0.2) is 10.9 Å². The predicted molar refractivity (Wildman–Crippen MR) is 84.9 cm³/mol. The molecule has 1 atom stereocenters. The standard InChI is InChI=1S/C15H19N3O3.ClH/c1-9-8-16-5-6-18(9)15(21)11-7-10-12(17-14(11)20)3-2-4-13(10)19;/h7,9,16H,2-6,8H2,1H3,(H,17,20);1H/t9-;/m0./s1. The molecule has 0 unspecified atom stereocenters. The molecule has 22 heavy (non-hydrogen) atoms. The number of H-pyrrole nitrogens is 1. The first kappa shape index (κ1) is 16.7. The highest BCUT2D eigenvalue weighted by Gasteiger charge is 2.28. The first-order valence-electron chi connectivity index (χ1n) is 7.39. The summed E-state index contributed by atoms with van der Waals surface area (Å²) in [5.41, 5.74) is 0.866. The van der Waals surface area contributed by atoms with Crippen molar-refractivity contribution in [2.75, 3.05) is 19.6 Å². The molecule has 0 bridgehead atoms. The quantitative estimate of drug-likeness (QED) is 0.798. The minimum Gasteiger partial charge on any atom is -0.333 e. The van der Waals surface area contributed by atoms with Gasteiger partial charge in [0.1, 0.15) is 5.56 Å². The van der Waals surface area contributed by atoms with Crippen molar-refractivity contribution in [1.29, 1.82) is 0 Å². The SMILES string of the molecule is C[C@H]1CNCCN1C(=O)c1cc2c([nH]c1=O)CCCC2=O.Cl. The summed E-state index contributed by atoms with van der Waals surface area (Å²) >= 11 is 0. The molecule has 2 heterocycles. The Morgan fingerprint density at radius 2 is 2.09 bits per heavy atom. The van der Waals surface area contributed by atoms with Crippen LogP contribution in [0.5, 0.6) is 0 Å². The molecule has 1 saturated heterocycles. The van der Waals surface area contributed by atoms with Crippen molar-refractivity contribution in [1.82, 2.24) is 15.2 Å². The van der Waals surface area contributed by atoms with Crippen LogP contribution in [0, 0.1) is 0 Å². The van der Waals surface area contributed by atoms with E-state index in [2.05, 4.69) is 10.3 Å². The number of aromatic amines is 1. The maximum atomic E-state index is 12.6. The molecule has 3 rings (SSSR count). The number of ketones is 1. The lowest BCUT2D eigenvalue weighted by molar-refractivity contribution is 0.0654. The Morgan fingerprint density at radius 3 is 2.82 bits per heavy atom. The van der Waals surface area contributed by atoms with Crippen molar-refractivity contribution in [3.8, 4) is 0 Å². The Morgan fingerprint density at radius 1 is 1.32 bits per heavy atom. The fraction of sp³-hybridized carbons (Fsp3) is 0.533. The highest BCUT2D eigenvalue weighted by Crippen LogP contribution is 2.19. The monoisotopic (exact) mass is 325 g/mol. The van der Waals surface area contributed by atoms with E-state index in [9.17, 15) is 14.4 Å². The van der Waals surface area contributed by atoms with Crippen molar-refractivity contribution in [3.63, 3.8) is 0 Å². The molecule has 120 valence electrons. The van der Waals surface area contributed by atoms with Crippen molar-refractivity contribution >= 4 is 24.1 Å². The number of piperazine rings is 1. The van der Waals surface area contributed by atoms with Crippen LogP contribution in [0.4, 0.5) is 0 Å². The Kier molecular flexibility index (Phi) is 5.03. The zero-order chi connectivity index (χ0) is 15.0. The van der Waals surface area contributed by atoms with E-state index in [-0.39, 0.29) is 41.3 Å². The van der Waals surface area contributed by atoms with Crippen LogP contribution in [0.25, 0.3) is 0 Å². The number of aromatic nitrogens is 1. The van der Waals surface area contributed by atoms with Crippen LogP contribution in [-0.4, -0.2) is 47.3 Å². The third kappa shape index (κ3) is 2.94. The van der Waals surface area contributed by atoms with Crippen LogP contribution in [-0.2, 0) is 6.42 Å². The number of Topliss-reactive ketones (excluding diaryl/α,β-unsaturated/α-hetero) is 1. The van der Waals surface area contributed by atoms with Gasteiger partial charge in [0.2, 0.25) is 0 Å². The first-order chi connectivity index (χ1) is 10.1. The van der Waals surface area contributed by atoms with Crippen molar-refractivity contribution in [2.45, 2.75) is 32.2 Å². The second-order valence-corrected chi connectivity index (χ2v) is 5.73. The van der Waals surface area contributed by atoms with Crippen LogP contribution >= 0.6 is 12.4 Å². The van der Waals surface area contributed by atoms with Gasteiger partial charge in [-0.15, -0.1) is 12.4 Å². The minimum atomic E-state index is -0.390. The highest BCUT2D eigenvalue weighted by molar-refractivity contribution is 6.01. The summed E-state index contributed by atoms with van der Waals surface area (Å²) < 4.78 is 0. The Labute approximate surface area is 134 Å². The maximum absolute atomic E-state index is 12.6. The first-order valence-corrected chi connectivity index (χ1v) is 7.39. The Hall–Kier alpha value is -1.66. The van der Waals surface area contributed by atoms with Crippen LogP contribution in [0.1, 0.15) is 46.2 Å². The molecule has 1 fully saturated rings. The van der Waals surface area contributed by atoms with Gasteiger partial charge in [-0.05, 0) is 25.8 Å². The molecule has 7 heteroatoms. The number of pyridine rings is 1. The molecule has 1 aliphatic carbocycles. The molecular weight excluding hydrogens is 306 g/mol. The Bertz CT molecular complexity index is 656. The zero-order valence-electron chi connectivity index (χ0n) is 12.5. The van der Waals surface area contributed by atoms with Gasteiger partial charge in [-0.25, -0.2) is 0 Å². The van der Waals surface area contributed by atoms with Crippen molar-refractivity contribution in [2.24, 2.45) is 0 Å². The average molecular weight is 326 g/mol. The van der Waals surface area contributed by atoms with Crippen LogP contribution in [0.2, 0.25) is 0 Å². The number of amides is 1. The minimum absolute atomic E-state index is 0. The van der Waals surface area contributed by atoms with Gasteiger partial charge in [0.05, 0.1) is 0 Å². The van der Waals surface area contributed by atoms with Gasteiger partial charge in [-0.1, -0.05) is 0 Å². The van der Waals surface area contributed by atoms with E-state index in [1.165, 1.54) is 6.07 Å². The third-order valence-corrected chi connectivity index (χ3v) is 4.25. The lowest BCUT2D eigenvalue weighted by Crippen LogP contribution is -2.53. The van der Waals surface area contributed by atoms with Crippen LogP contribution < -0.4 is 10.9 Å². The van der Waals surface area contributed by atoms with E-state index in [0.717, 1.165) is 13.0 Å². The lowest BCUT2D eigenvalue weighted by atomic mass is 9.93. The molecule has 0 saturated carbocycles. The molecule has 0 spiro atoms. The van der Waals surface area contributed by atoms with Crippen LogP contribution in [0.3, 0.4) is 0 Å². The average Bonchev–Trinajstić information content (AvgIpc) is 2.47. The number of nitrogens with one attached hydrogen (secondary N) is 2. The summed E-state index contributed by atoms with van der Waals surface area (Å²) in [5.74, 6) is -0.277. The number of hydrogen-bond acceptors (Lipinski definition) is 4. The topological polar surface area (TPSA) is 82.3 Å². The molecule has 1 aromatic rings. The maximum Gasteiger partial charge on any atom is 0.261 e. The number of hydrogen-bond donors (Lipinski definition) is 2. The fourth-order valence-electron chi connectivity index (χ4n) is 3.03. The van der Waals surface area contributed by atoms with E-state index >= 15 is 0 Å². The number of carbonyl (C=O) groups is 2. The van der Waals surface area contributed by atoms with E-state index in [1.807, 2.05) is 6.92 Å². The Balaban J connectivity index is 0.00000176. The molecular formula is C15H20ClN3O3. The second-order valence-electron chi connectivity index (χ2n) is 5.73. The second kappa shape index (κ2) is 6.62. The van der Waals surface area contributed by atoms with Gasteiger partial charge in [0.25, 0.3) is 11.5 Å². The van der Waals surface area contributed by atoms with Gasteiger partial charge in [-0.3, -0.25) is 14.4 Å². The highest BCUT2D eigenvalue weighted by atomic mass is 35.5. The smallest absolute Gasteiger partial charge is 0.261 e. The number of halogens is 1. The van der Waals surface area contributed by atoms with Gasteiger partial charge in [0.15, 0.2) is 5.78 Å². The number of aryl methyl sites for hydroxylation is 1. The predicted octanol–water partition coefficient (Wildman–Crippen LogP) is 0.750. The zero-order valence-corrected chi connectivity index (χ0v) is 13.3. The van der Waals surface area contributed by atoms with Gasteiger partial charge < -0.3 is 15.2 Å². The van der Waals surface area contributed by atoms with E-state index in [4.69, 9.17) is 0 Å². The summed E-state index contributed by atoms with van der Waals surface area (Å²) in [5, 5.41) is 3.21. The van der Waals surface area contributed by atoms with Crippen molar-refractivity contribution in [3.05, 3.63) is 33.2 Å². The molecule has 0 aromatic carbocycles. The summed E-state index contributed by atoms with van der Waals surface area (Å²) in [6.45, 7) is 3.96. The molecule has 1 aromatic heterocycles. The molecule has 2 aliphatic rings. The molecule has 2 N–H and O–H groups in total. The van der Waals surface area contributed by atoms with Gasteiger partial charge in [0, 0.05) is 43.4 Å². The summed E-state index contributed by atoms with van der Waals surface area (Å²) in [7, 11) is 0. The summed E-state index contributed by atoms with van der Waals surface area (Å²) in [6.07, 6.45) is 1.93. The number of rotatable bonds is 1. The largest absolute Gasteiger partial charge is 0.333 e. The molecule has 6 nitrogen and oxygen atoms in total. The van der Waals surface area contributed by atoms with Gasteiger partial charge in [-0.2, -0.15) is 0 Å². The number of nitrogens with zero attached hydrogens (tertiary/aromatic N) is 1. The van der Waals surface area contributed by atoms with Gasteiger partial charge >= 0.3 is 0 Å². The molecule has 0 radical (unpaired) electrons. The van der Waals surface area contributed by atoms with E-state index < -0.39 is 0 Å². The number of fused-ring (bicyclic) bond motifs is 1. The number of carbonyl (C=O) groups excluding carboxylic acids is 2. The fourth-order valence-corrected chi connectivity index (χ4v) is 3.03. The normalized spacial score (nSPS) is 21.0. The van der Waals surface area contributed by atoms with E-state index in [1.54, 1.807) is 4.90 Å². The summed E-state index contributed by atoms with van der Waals surface area (Å²) in [4.78, 5) is 41.1. The summed E-state index contributed by atoms with van der Waals surface area (Å²) in [6, 6.07) is 1.53. The molecule has 1 amide bonds.